The third-order valence-corrected chi connectivity index (χ3v) is 5.41. The van der Waals surface area contributed by atoms with E-state index in [1.54, 1.807) is 61.7 Å². The molecule has 31 heavy (non-hydrogen) atoms. The number of fused-ring (bicyclic) bond motifs is 1. The SMILES string of the molecule is COc1ccc(-c2nc3cc(NC(=S)NC(=O)c4ccc(Br)cc4)ccc3o2)cc1Cl. The molecule has 1 amide bonds. The molecule has 0 unspecified atom stereocenters. The van der Waals surface area contributed by atoms with Gasteiger partial charge in [-0.05, 0) is 72.9 Å². The standard InChI is InChI=1S/C22H15BrClN3O3S/c1-29-18-8-4-13(10-16(18)24)21-26-17-11-15(7-9-19(17)30-21)25-22(31)27-20(28)12-2-5-14(23)6-3-12/h2-11H,1H3,(H2,25,27,28,31). The fourth-order valence-electron chi connectivity index (χ4n) is 2.87. The number of carbonyl (C=O) groups excluding carboxylic acids is 1. The van der Waals surface area contributed by atoms with E-state index in [1.165, 1.54) is 0 Å². The number of benzene rings is 3. The van der Waals surface area contributed by atoms with Gasteiger partial charge in [-0.15, -0.1) is 0 Å². The molecule has 0 saturated carbocycles. The van der Waals surface area contributed by atoms with E-state index in [9.17, 15) is 4.79 Å². The molecule has 2 N–H and O–H groups in total. The maximum atomic E-state index is 12.3. The number of nitrogens with zero attached hydrogens (tertiary/aromatic N) is 1. The molecule has 0 aliphatic carbocycles. The van der Waals surface area contributed by atoms with Gasteiger partial charge in [0, 0.05) is 21.3 Å². The first kappa shape index (κ1) is 21.3. The van der Waals surface area contributed by atoms with Crippen molar-refractivity contribution in [3.05, 3.63) is 75.7 Å². The second-order valence-electron chi connectivity index (χ2n) is 6.47. The quantitative estimate of drug-likeness (QED) is 0.322. The highest BCUT2D eigenvalue weighted by atomic mass is 79.9. The van der Waals surface area contributed by atoms with Gasteiger partial charge < -0.3 is 14.5 Å². The van der Waals surface area contributed by atoms with Crippen molar-refractivity contribution in [2.45, 2.75) is 0 Å². The Bertz CT molecular complexity index is 1290. The zero-order valence-corrected chi connectivity index (χ0v) is 19.3. The largest absolute Gasteiger partial charge is 0.495 e. The second-order valence-corrected chi connectivity index (χ2v) is 8.20. The van der Waals surface area contributed by atoms with E-state index in [0.29, 0.717) is 39.0 Å². The fraction of sp³-hybridized carbons (Fsp3) is 0.0455. The summed E-state index contributed by atoms with van der Waals surface area (Å²) in [5.41, 5.74) is 3.14. The fourth-order valence-corrected chi connectivity index (χ4v) is 3.60. The highest BCUT2D eigenvalue weighted by Crippen LogP contribution is 2.32. The Kier molecular flexibility index (Phi) is 6.22. The highest BCUT2D eigenvalue weighted by molar-refractivity contribution is 9.10. The number of oxazole rings is 1. The maximum absolute atomic E-state index is 12.3. The maximum Gasteiger partial charge on any atom is 0.257 e. The number of thiocarbonyl (C=S) groups is 1. The Hall–Kier alpha value is -2.94. The van der Waals surface area contributed by atoms with E-state index in [4.69, 9.17) is 33.0 Å². The lowest BCUT2D eigenvalue weighted by atomic mass is 10.2. The van der Waals surface area contributed by atoms with Crippen molar-refractivity contribution in [2.75, 3.05) is 12.4 Å². The van der Waals surface area contributed by atoms with Crippen molar-refractivity contribution in [1.29, 1.82) is 0 Å². The summed E-state index contributed by atoms with van der Waals surface area (Å²) in [5, 5.41) is 6.29. The van der Waals surface area contributed by atoms with E-state index in [-0.39, 0.29) is 11.0 Å². The first-order chi connectivity index (χ1) is 14.9. The lowest BCUT2D eigenvalue weighted by molar-refractivity contribution is 0.0977. The van der Waals surface area contributed by atoms with Crippen LogP contribution in [0.25, 0.3) is 22.6 Å². The summed E-state index contributed by atoms with van der Waals surface area (Å²) in [6.45, 7) is 0. The number of carbonyl (C=O) groups is 1. The van der Waals surface area contributed by atoms with Crippen molar-refractivity contribution in [3.63, 3.8) is 0 Å². The second kappa shape index (κ2) is 9.05. The number of ether oxygens (including phenoxy) is 1. The number of rotatable bonds is 4. The topological polar surface area (TPSA) is 76.4 Å². The lowest BCUT2D eigenvalue weighted by Crippen LogP contribution is -2.34. The first-order valence-electron chi connectivity index (χ1n) is 9.05. The lowest BCUT2D eigenvalue weighted by Gasteiger charge is -2.09. The van der Waals surface area contributed by atoms with Gasteiger partial charge in [0.2, 0.25) is 5.89 Å². The predicted molar refractivity (Wildman–Crippen MR) is 129 cm³/mol. The van der Waals surface area contributed by atoms with Crippen molar-refractivity contribution in [1.82, 2.24) is 10.3 Å². The number of aromatic nitrogens is 1. The molecule has 0 radical (unpaired) electrons. The molecule has 1 heterocycles. The zero-order valence-electron chi connectivity index (χ0n) is 16.1. The van der Waals surface area contributed by atoms with Crippen LogP contribution in [0.3, 0.4) is 0 Å². The van der Waals surface area contributed by atoms with Gasteiger partial charge in [-0.1, -0.05) is 27.5 Å². The Morgan fingerprint density at radius 3 is 2.61 bits per heavy atom. The molecule has 4 rings (SSSR count). The Morgan fingerprint density at radius 1 is 1.13 bits per heavy atom. The number of hydrogen-bond acceptors (Lipinski definition) is 5. The van der Waals surface area contributed by atoms with Crippen molar-refractivity contribution < 1.29 is 13.9 Å². The van der Waals surface area contributed by atoms with Crippen LogP contribution in [0.5, 0.6) is 5.75 Å². The third-order valence-electron chi connectivity index (χ3n) is 4.38. The summed E-state index contributed by atoms with van der Waals surface area (Å²) in [4.78, 5) is 16.8. The Morgan fingerprint density at radius 2 is 1.90 bits per heavy atom. The average Bonchev–Trinajstić information content (AvgIpc) is 3.17. The molecule has 4 aromatic rings. The predicted octanol–water partition coefficient (Wildman–Crippen LogP) is 6.05. The molecule has 1 aromatic heterocycles. The van der Waals surface area contributed by atoms with Gasteiger partial charge in [0.25, 0.3) is 5.91 Å². The van der Waals surface area contributed by atoms with Gasteiger partial charge in [-0.2, -0.15) is 0 Å². The number of amides is 1. The van der Waals surface area contributed by atoms with Crippen LogP contribution in [-0.4, -0.2) is 23.1 Å². The molecule has 0 fully saturated rings. The zero-order chi connectivity index (χ0) is 22.0. The normalized spacial score (nSPS) is 10.7. The van der Waals surface area contributed by atoms with Crippen LogP contribution in [0.2, 0.25) is 5.02 Å². The van der Waals surface area contributed by atoms with Crippen LogP contribution >= 0.6 is 39.7 Å². The van der Waals surface area contributed by atoms with Gasteiger partial charge in [0.15, 0.2) is 10.7 Å². The van der Waals surface area contributed by atoms with Gasteiger partial charge in [-0.25, -0.2) is 4.98 Å². The number of hydrogen-bond donors (Lipinski definition) is 2. The molecular formula is C22H15BrClN3O3S. The van der Waals surface area contributed by atoms with Crippen molar-refractivity contribution in [3.8, 4) is 17.2 Å². The van der Waals surface area contributed by atoms with Gasteiger partial charge in [0.1, 0.15) is 11.3 Å². The molecule has 0 saturated heterocycles. The molecule has 0 aliphatic rings. The summed E-state index contributed by atoms with van der Waals surface area (Å²) in [6, 6.07) is 17.6. The number of anilines is 1. The molecule has 6 nitrogen and oxygen atoms in total. The van der Waals surface area contributed by atoms with E-state index in [0.717, 1.165) is 10.0 Å². The average molecular weight is 517 g/mol. The van der Waals surface area contributed by atoms with Crippen LogP contribution in [0, 0.1) is 0 Å². The van der Waals surface area contributed by atoms with Crippen molar-refractivity contribution >= 4 is 67.6 Å². The molecule has 0 spiro atoms. The molecule has 156 valence electrons. The minimum absolute atomic E-state index is 0.179. The number of nitrogens with one attached hydrogen (secondary N) is 2. The van der Waals surface area contributed by atoms with Crippen LogP contribution < -0.4 is 15.4 Å². The third kappa shape index (κ3) is 4.87. The summed E-state index contributed by atoms with van der Waals surface area (Å²) >= 11 is 14.8. The minimum Gasteiger partial charge on any atom is -0.495 e. The van der Waals surface area contributed by atoms with Crippen molar-refractivity contribution in [2.24, 2.45) is 0 Å². The molecular weight excluding hydrogens is 502 g/mol. The van der Waals surface area contributed by atoms with Gasteiger partial charge in [-0.3, -0.25) is 10.1 Å². The van der Waals surface area contributed by atoms with Crippen LogP contribution in [0.15, 0.2) is 69.6 Å². The molecule has 0 atom stereocenters. The monoisotopic (exact) mass is 515 g/mol. The minimum atomic E-state index is -0.300. The summed E-state index contributed by atoms with van der Waals surface area (Å²) in [5.74, 6) is 0.709. The van der Waals surface area contributed by atoms with E-state index in [2.05, 4.69) is 31.5 Å². The number of halogens is 2. The van der Waals surface area contributed by atoms with E-state index >= 15 is 0 Å². The number of methoxy groups -OCH3 is 1. The molecule has 9 heteroatoms. The van der Waals surface area contributed by atoms with Crippen LogP contribution in [-0.2, 0) is 0 Å². The Balaban J connectivity index is 1.49. The molecule has 0 bridgehead atoms. The smallest absolute Gasteiger partial charge is 0.257 e. The van der Waals surface area contributed by atoms with E-state index < -0.39 is 0 Å². The van der Waals surface area contributed by atoms with E-state index in [1.807, 2.05) is 6.07 Å². The summed E-state index contributed by atoms with van der Waals surface area (Å²) < 4.78 is 11.9. The van der Waals surface area contributed by atoms with Crippen LogP contribution in [0.4, 0.5) is 5.69 Å². The summed E-state index contributed by atoms with van der Waals surface area (Å²) in [6.07, 6.45) is 0. The first-order valence-corrected chi connectivity index (χ1v) is 10.6. The van der Waals surface area contributed by atoms with Gasteiger partial charge >= 0.3 is 0 Å². The summed E-state index contributed by atoms with van der Waals surface area (Å²) in [7, 11) is 1.56. The highest BCUT2D eigenvalue weighted by Gasteiger charge is 2.12. The molecule has 3 aromatic carbocycles. The van der Waals surface area contributed by atoms with Gasteiger partial charge in [0.05, 0.1) is 12.1 Å². The van der Waals surface area contributed by atoms with Crippen LogP contribution in [0.1, 0.15) is 10.4 Å². The molecule has 0 aliphatic heterocycles. The Labute approximate surface area is 196 Å².